The summed E-state index contributed by atoms with van der Waals surface area (Å²) in [4.78, 5) is 25.9. The number of aryl methyl sites for hydroxylation is 1. The highest BCUT2D eigenvalue weighted by Gasteiger charge is 2.54. The lowest BCUT2D eigenvalue weighted by Gasteiger charge is -2.34. The maximum atomic E-state index is 12.6. The summed E-state index contributed by atoms with van der Waals surface area (Å²) in [5.41, 5.74) is -1.41. The second-order valence-electron chi connectivity index (χ2n) is 5.62. The van der Waals surface area contributed by atoms with Gasteiger partial charge in [-0.15, -0.1) is 0 Å². The fourth-order valence-corrected chi connectivity index (χ4v) is 3.86. The third-order valence-electron chi connectivity index (χ3n) is 3.74. The average molecular weight is 394 g/mol. The Hall–Kier alpha value is -1.33. The third kappa shape index (κ3) is 3.99. The summed E-state index contributed by atoms with van der Waals surface area (Å²) in [6, 6.07) is 0. The van der Waals surface area contributed by atoms with Crippen molar-refractivity contribution in [2.75, 3.05) is 26.2 Å². The number of rotatable bonds is 8. The number of aliphatic hydroxyl groups excluding tert-OH is 2. The van der Waals surface area contributed by atoms with Crippen LogP contribution in [-0.2, 0) is 29.0 Å². The highest BCUT2D eigenvalue weighted by Crippen LogP contribution is 2.50. The predicted octanol–water partition coefficient (Wildman–Crippen LogP) is -0.552. The van der Waals surface area contributed by atoms with Crippen molar-refractivity contribution in [2.24, 2.45) is 0 Å². The molecule has 0 saturated carbocycles. The maximum absolute atomic E-state index is 12.6. The van der Waals surface area contributed by atoms with Crippen LogP contribution < -0.4 is 11.2 Å². The number of ether oxygens (including phenoxy) is 2. The van der Waals surface area contributed by atoms with Gasteiger partial charge in [-0.25, -0.2) is 9.36 Å². The second kappa shape index (κ2) is 8.13. The summed E-state index contributed by atoms with van der Waals surface area (Å²) in [5, 5.41) is 20.3. The zero-order valence-electron chi connectivity index (χ0n) is 14.7. The molecule has 12 heteroatoms. The molecule has 11 nitrogen and oxygen atoms in total. The maximum Gasteiger partial charge on any atom is 0.356 e. The van der Waals surface area contributed by atoms with Crippen LogP contribution >= 0.6 is 7.60 Å². The molecule has 0 aliphatic carbocycles. The number of aromatic nitrogens is 2. The molecule has 26 heavy (non-hydrogen) atoms. The van der Waals surface area contributed by atoms with Crippen LogP contribution in [0.3, 0.4) is 0 Å². The van der Waals surface area contributed by atoms with Gasteiger partial charge in [0, 0.05) is 11.8 Å². The third-order valence-corrected chi connectivity index (χ3v) is 5.48. The molecule has 1 aliphatic heterocycles. The van der Waals surface area contributed by atoms with Crippen LogP contribution in [-0.4, -0.2) is 58.1 Å². The van der Waals surface area contributed by atoms with Gasteiger partial charge in [-0.1, -0.05) is 0 Å². The summed E-state index contributed by atoms with van der Waals surface area (Å²) in [6.45, 7) is 4.48. The van der Waals surface area contributed by atoms with E-state index < -0.39 is 43.3 Å². The van der Waals surface area contributed by atoms with Crippen LogP contribution in [0.25, 0.3) is 0 Å². The van der Waals surface area contributed by atoms with Crippen molar-refractivity contribution in [3.8, 4) is 0 Å². The molecular weight excluding hydrogens is 371 g/mol. The van der Waals surface area contributed by atoms with Gasteiger partial charge < -0.3 is 28.7 Å². The van der Waals surface area contributed by atoms with Gasteiger partial charge >= 0.3 is 13.3 Å². The van der Waals surface area contributed by atoms with E-state index in [2.05, 4.69) is 4.98 Å². The molecule has 3 N–H and O–H groups in total. The fourth-order valence-electron chi connectivity index (χ4n) is 2.51. The first-order valence-electron chi connectivity index (χ1n) is 8.04. The van der Waals surface area contributed by atoms with Gasteiger partial charge in [-0.05, 0) is 20.8 Å². The molecule has 1 aromatic heterocycles. The second-order valence-corrected chi connectivity index (χ2v) is 7.61. The van der Waals surface area contributed by atoms with Crippen LogP contribution in [0, 0.1) is 6.92 Å². The van der Waals surface area contributed by atoms with Crippen molar-refractivity contribution in [1.82, 2.24) is 9.55 Å². The van der Waals surface area contributed by atoms with Crippen LogP contribution in [0.5, 0.6) is 0 Å². The molecule has 0 unspecified atom stereocenters. The Morgan fingerprint density at radius 3 is 2.46 bits per heavy atom. The quantitative estimate of drug-likeness (QED) is 0.494. The first-order chi connectivity index (χ1) is 12.2. The van der Waals surface area contributed by atoms with Gasteiger partial charge in [0.15, 0.2) is 12.5 Å². The Kier molecular flexibility index (Phi) is 6.56. The Morgan fingerprint density at radius 2 is 1.96 bits per heavy atom. The fraction of sp³-hybridized carbons (Fsp3) is 0.714. The van der Waals surface area contributed by atoms with E-state index in [1.807, 2.05) is 0 Å². The monoisotopic (exact) mass is 394 g/mol. The van der Waals surface area contributed by atoms with Gasteiger partial charge in [-0.2, -0.15) is 0 Å². The molecular formula is C14H23N2O9P. The van der Waals surface area contributed by atoms with Crippen molar-refractivity contribution in [3.63, 3.8) is 0 Å². The summed E-state index contributed by atoms with van der Waals surface area (Å²) >= 11 is 0. The Morgan fingerprint density at radius 1 is 1.35 bits per heavy atom. The molecule has 1 saturated heterocycles. The zero-order valence-corrected chi connectivity index (χ0v) is 15.6. The zero-order chi connectivity index (χ0) is 19.5. The molecule has 0 radical (unpaired) electrons. The number of H-pyrrole nitrogens is 1. The number of aliphatic hydroxyl groups is 2. The lowest BCUT2D eigenvalue weighted by Crippen LogP contribution is -2.53. The topological polar surface area (TPSA) is 149 Å². The summed E-state index contributed by atoms with van der Waals surface area (Å²) in [6.07, 6.45) is -2.59. The summed E-state index contributed by atoms with van der Waals surface area (Å²) in [7, 11) is -3.70. The van der Waals surface area contributed by atoms with Gasteiger partial charge in [0.1, 0.15) is 6.10 Å². The molecule has 0 bridgehead atoms. The molecule has 3 atom stereocenters. The highest BCUT2D eigenvalue weighted by molar-refractivity contribution is 7.53. The lowest BCUT2D eigenvalue weighted by molar-refractivity contribution is -0.300. The number of hydrogen-bond donors (Lipinski definition) is 3. The molecule has 2 rings (SSSR count). The lowest BCUT2D eigenvalue weighted by atomic mass is 10.2. The molecule has 1 aromatic rings. The standard InChI is InChI=1S/C14H23N2O9P/c1-4-24-26(21,25-5-2)8-23-14(11(18)10(17)7-22-14)16-6-9(3)12(19)15-13(16)20/h6,10-11,17-18H,4-5,7-8H2,1-3H3,(H,15,19,20)/t10-,11-,14+/m1/s1. The van der Waals surface area contributed by atoms with Crippen LogP contribution in [0.1, 0.15) is 19.4 Å². The van der Waals surface area contributed by atoms with Gasteiger partial charge in [-0.3, -0.25) is 14.3 Å². The van der Waals surface area contributed by atoms with Crippen LogP contribution in [0.4, 0.5) is 0 Å². The number of aromatic amines is 1. The SMILES string of the molecule is CCOP(=O)(CO[C@@]1(n2cc(C)c(=O)[nH]c2=O)OC[C@@H](O)[C@H]1O)OCC. The molecule has 2 heterocycles. The van der Waals surface area contributed by atoms with Crippen LogP contribution in [0.2, 0.25) is 0 Å². The molecule has 0 amide bonds. The average Bonchev–Trinajstić information content (AvgIpc) is 2.86. The van der Waals surface area contributed by atoms with E-state index in [4.69, 9.17) is 18.5 Å². The van der Waals surface area contributed by atoms with E-state index in [0.29, 0.717) is 0 Å². The largest absolute Gasteiger partial charge is 0.388 e. The van der Waals surface area contributed by atoms with E-state index in [9.17, 15) is 24.4 Å². The number of hydrogen-bond acceptors (Lipinski definition) is 9. The van der Waals surface area contributed by atoms with Crippen molar-refractivity contribution in [2.45, 2.75) is 38.9 Å². The molecule has 148 valence electrons. The Balaban J connectivity index is 2.45. The van der Waals surface area contributed by atoms with E-state index in [1.54, 1.807) is 13.8 Å². The number of nitrogens with zero attached hydrogens (tertiary/aromatic N) is 1. The minimum absolute atomic E-state index is 0.0807. The van der Waals surface area contributed by atoms with Gasteiger partial charge in [0.25, 0.3) is 11.5 Å². The molecule has 0 spiro atoms. The molecule has 0 aromatic carbocycles. The summed E-state index contributed by atoms with van der Waals surface area (Å²) < 4.78 is 34.5. The van der Waals surface area contributed by atoms with Crippen LogP contribution in [0.15, 0.2) is 15.8 Å². The predicted molar refractivity (Wildman–Crippen MR) is 88.8 cm³/mol. The summed E-state index contributed by atoms with van der Waals surface area (Å²) in [5.74, 6) is -2.20. The Bertz CT molecular complexity index is 781. The highest BCUT2D eigenvalue weighted by atomic mass is 31.2. The minimum atomic E-state index is -3.70. The normalized spacial score (nSPS) is 26.3. The van der Waals surface area contributed by atoms with Crippen molar-refractivity contribution >= 4 is 7.60 Å². The van der Waals surface area contributed by atoms with Crippen molar-refractivity contribution in [1.29, 1.82) is 0 Å². The van der Waals surface area contributed by atoms with E-state index in [-0.39, 0.29) is 25.4 Å². The minimum Gasteiger partial charge on any atom is -0.388 e. The van der Waals surface area contributed by atoms with Crippen molar-refractivity contribution < 1.29 is 33.3 Å². The Labute approximate surface area is 149 Å². The first kappa shape index (κ1) is 21.0. The smallest absolute Gasteiger partial charge is 0.356 e. The van der Waals surface area contributed by atoms with E-state index in [0.717, 1.165) is 10.8 Å². The van der Waals surface area contributed by atoms with Crippen molar-refractivity contribution in [3.05, 3.63) is 32.6 Å². The first-order valence-corrected chi connectivity index (χ1v) is 9.77. The van der Waals surface area contributed by atoms with Gasteiger partial charge in [0.05, 0.1) is 19.8 Å². The van der Waals surface area contributed by atoms with E-state index >= 15 is 0 Å². The molecule has 1 fully saturated rings. The van der Waals surface area contributed by atoms with E-state index in [1.165, 1.54) is 6.92 Å². The van der Waals surface area contributed by atoms with Gasteiger partial charge in [0.2, 0.25) is 0 Å². The number of nitrogens with one attached hydrogen (secondary N) is 1. The molecule has 1 aliphatic rings.